The van der Waals surface area contributed by atoms with Gasteiger partial charge in [0.25, 0.3) is 0 Å². The third-order valence-corrected chi connectivity index (χ3v) is 7.96. The summed E-state index contributed by atoms with van der Waals surface area (Å²) < 4.78 is 12.3. The zero-order chi connectivity index (χ0) is 34.3. The van der Waals surface area contributed by atoms with Crippen molar-refractivity contribution < 1.29 is 29.3 Å². The van der Waals surface area contributed by atoms with Crippen molar-refractivity contribution in [3.63, 3.8) is 0 Å². The summed E-state index contributed by atoms with van der Waals surface area (Å²) in [5, 5.41) is 19.6. The SMILES string of the molecule is C#Cc1cc(OCCCCCCCCCC)c(C#Cc2cc(C(=O)O)c(C#CC)cc2C(=O)O)cc1OCCCCCCCCCC. The van der Waals surface area contributed by atoms with Crippen LogP contribution in [0.4, 0.5) is 0 Å². The van der Waals surface area contributed by atoms with Crippen LogP contribution in [0.1, 0.15) is 166 Å². The first kappa shape index (κ1) is 38.8. The predicted molar refractivity (Wildman–Crippen MR) is 189 cm³/mol. The molecule has 0 spiro atoms. The number of terminal acetylenes is 1. The summed E-state index contributed by atoms with van der Waals surface area (Å²) in [6, 6.07) is 6.00. The van der Waals surface area contributed by atoms with Crippen molar-refractivity contribution in [2.75, 3.05) is 13.2 Å². The zero-order valence-corrected chi connectivity index (χ0v) is 28.6. The Morgan fingerprint density at radius 3 is 1.38 bits per heavy atom. The first-order valence-corrected chi connectivity index (χ1v) is 17.4. The maximum Gasteiger partial charge on any atom is 0.337 e. The van der Waals surface area contributed by atoms with Crippen LogP contribution in [-0.4, -0.2) is 35.4 Å². The van der Waals surface area contributed by atoms with Crippen molar-refractivity contribution in [3.8, 4) is 47.5 Å². The third-order valence-electron chi connectivity index (χ3n) is 7.96. The van der Waals surface area contributed by atoms with Gasteiger partial charge >= 0.3 is 11.9 Å². The molecule has 0 aliphatic heterocycles. The summed E-state index contributed by atoms with van der Waals surface area (Å²) in [7, 11) is 0. The summed E-state index contributed by atoms with van der Waals surface area (Å²) in [5.41, 5.74) is 0.980. The smallest absolute Gasteiger partial charge is 0.337 e. The van der Waals surface area contributed by atoms with E-state index in [1.165, 1.54) is 82.8 Å². The highest BCUT2D eigenvalue weighted by atomic mass is 16.5. The Balaban J connectivity index is 2.31. The minimum atomic E-state index is -1.23. The Kier molecular flexibility index (Phi) is 19.1. The van der Waals surface area contributed by atoms with Crippen LogP contribution in [0.15, 0.2) is 24.3 Å². The van der Waals surface area contributed by atoms with Gasteiger partial charge in [0.15, 0.2) is 0 Å². The average molecular weight is 641 g/mol. The van der Waals surface area contributed by atoms with Crippen LogP contribution < -0.4 is 9.47 Å². The van der Waals surface area contributed by atoms with E-state index in [0.29, 0.717) is 35.8 Å². The minimum absolute atomic E-state index is 0.0630. The second-order valence-corrected chi connectivity index (χ2v) is 11.8. The molecule has 252 valence electrons. The molecule has 0 heterocycles. The highest BCUT2D eigenvalue weighted by Crippen LogP contribution is 2.29. The van der Waals surface area contributed by atoms with E-state index in [-0.39, 0.29) is 22.3 Å². The molecule has 0 unspecified atom stereocenters. The number of carboxylic acids is 2. The van der Waals surface area contributed by atoms with E-state index in [0.717, 1.165) is 32.1 Å². The van der Waals surface area contributed by atoms with Crippen molar-refractivity contribution in [2.24, 2.45) is 0 Å². The first-order chi connectivity index (χ1) is 22.9. The average Bonchev–Trinajstić information content (AvgIpc) is 3.06. The molecule has 6 heteroatoms. The molecule has 6 nitrogen and oxygen atoms in total. The molecule has 0 aromatic heterocycles. The number of rotatable bonds is 22. The molecule has 0 fully saturated rings. The lowest BCUT2D eigenvalue weighted by atomic mass is 9.98. The standard InChI is InChI=1S/C41H52O6/c1-5-9-11-13-15-17-19-21-26-46-38-31-35(39(30-32(38)8-4)47-27-22-20-18-16-14-12-10-6-2)25-24-34-29-36(40(42)43)33(23-7-3)28-37(34)41(44)45/h4,28-31H,5-6,9-22,26-27H2,1-3H3,(H,42,43)(H,44,45). The van der Waals surface area contributed by atoms with E-state index < -0.39 is 11.9 Å². The van der Waals surface area contributed by atoms with Gasteiger partial charge in [-0.15, -0.1) is 12.3 Å². The lowest BCUT2D eigenvalue weighted by molar-refractivity contribution is 0.0680. The topological polar surface area (TPSA) is 93.1 Å². The van der Waals surface area contributed by atoms with Gasteiger partial charge in [0.1, 0.15) is 11.5 Å². The van der Waals surface area contributed by atoms with Crippen LogP contribution in [0.2, 0.25) is 0 Å². The zero-order valence-electron chi connectivity index (χ0n) is 28.6. The fraction of sp³-hybridized carbons (Fsp3) is 0.512. The fourth-order valence-corrected chi connectivity index (χ4v) is 5.28. The van der Waals surface area contributed by atoms with Crippen LogP contribution in [0.3, 0.4) is 0 Å². The quantitative estimate of drug-likeness (QED) is 0.0983. The Hall–Kier alpha value is -4.34. The maximum atomic E-state index is 12.1. The van der Waals surface area contributed by atoms with Crippen molar-refractivity contribution in [1.29, 1.82) is 0 Å². The van der Waals surface area contributed by atoms with Crippen LogP contribution in [-0.2, 0) is 0 Å². The number of aromatic carboxylic acids is 2. The molecule has 0 atom stereocenters. The molecule has 47 heavy (non-hydrogen) atoms. The highest BCUT2D eigenvalue weighted by molar-refractivity contribution is 5.97. The molecule has 2 N–H and O–H groups in total. The van der Waals surface area contributed by atoms with Gasteiger partial charge < -0.3 is 19.7 Å². The number of hydrogen-bond acceptors (Lipinski definition) is 4. The van der Waals surface area contributed by atoms with Gasteiger partial charge in [-0.25, -0.2) is 9.59 Å². The number of benzene rings is 2. The number of ether oxygens (including phenoxy) is 2. The monoisotopic (exact) mass is 640 g/mol. The Morgan fingerprint density at radius 1 is 0.574 bits per heavy atom. The number of carbonyl (C=O) groups is 2. The second kappa shape index (κ2) is 23.1. The van der Waals surface area contributed by atoms with Gasteiger partial charge in [-0.2, -0.15) is 0 Å². The largest absolute Gasteiger partial charge is 0.492 e. The Labute approximate surface area is 282 Å². The molecule has 0 aliphatic carbocycles. The number of hydrogen-bond donors (Lipinski definition) is 2. The highest BCUT2D eigenvalue weighted by Gasteiger charge is 2.17. The summed E-state index contributed by atoms with van der Waals surface area (Å²) in [5.74, 6) is 12.5. The van der Waals surface area contributed by atoms with E-state index in [2.05, 4.69) is 43.4 Å². The van der Waals surface area contributed by atoms with Crippen LogP contribution in [0, 0.1) is 36.0 Å². The molecule has 2 aromatic rings. The summed E-state index contributed by atoms with van der Waals surface area (Å²) >= 11 is 0. The molecular weight excluding hydrogens is 588 g/mol. The molecule has 0 radical (unpaired) electrons. The molecular formula is C41H52O6. The molecule has 0 amide bonds. The minimum Gasteiger partial charge on any atom is -0.492 e. The second-order valence-electron chi connectivity index (χ2n) is 11.8. The molecule has 0 bridgehead atoms. The van der Waals surface area contributed by atoms with E-state index >= 15 is 0 Å². The van der Waals surface area contributed by atoms with Crippen molar-refractivity contribution in [3.05, 3.63) is 57.6 Å². The summed E-state index contributed by atoms with van der Waals surface area (Å²) in [4.78, 5) is 24.0. The van der Waals surface area contributed by atoms with Gasteiger partial charge in [-0.3, -0.25) is 0 Å². The normalized spacial score (nSPS) is 10.3. The van der Waals surface area contributed by atoms with Gasteiger partial charge in [0.05, 0.1) is 35.5 Å². The third kappa shape index (κ3) is 14.3. The van der Waals surface area contributed by atoms with E-state index in [4.69, 9.17) is 15.9 Å². The van der Waals surface area contributed by atoms with E-state index in [1.807, 2.05) is 0 Å². The fourth-order valence-electron chi connectivity index (χ4n) is 5.28. The molecule has 0 saturated heterocycles. The van der Waals surface area contributed by atoms with Crippen LogP contribution in [0.25, 0.3) is 0 Å². The van der Waals surface area contributed by atoms with Crippen molar-refractivity contribution in [1.82, 2.24) is 0 Å². The van der Waals surface area contributed by atoms with Crippen molar-refractivity contribution in [2.45, 2.75) is 124 Å². The van der Waals surface area contributed by atoms with Crippen molar-refractivity contribution >= 4 is 11.9 Å². The van der Waals surface area contributed by atoms with Crippen LogP contribution >= 0.6 is 0 Å². The van der Waals surface area contributed by atoms with Gasteiger partial charge in [0, 0.05) is 23.3 Å². The Bertz CT molecular complexity index is 1460. The van der Waals surface area contributed by atoms with Gasteiger partial charge in [-0.05, 0) is 31.9 Å². The first-order valence-electron chi connectivity index (χ1n) is 17.4. The summed E-state index contributed by atoms with van der Waals surface area (Å²) in [6.45, 7) is 6.99. The van der Waals surface area contributed by atoms with E-state index in [9.17, 15) is 19.8 Å². The van der Waals surface area contributed by atoms with Gasteiger partial charge in [0.2, 0.25) is 0 Å². The lowest BCUT2D eigenvalue weighted by Crippen LogP contribution is -2.07. The maximum absolute atomic E-state index is 12.1. The molecule has 0 aliphatic rings. The van der Waals surface area contributed by atoms with Gasteiger partial charge in [-0.1, -0.05) is 127 Å². The number of unbranched alkanes of at least 4 members (excludes halogenated alkanes) is 14. The molecule has 0 saturated carbocycles. The van der Waals surface area contributed by atoms with E-state index in [1.54, 1.807) is 19.1 Å². The number of carboxylic acid groups (broad SMARTS) is 2. The van der Waals surface area contributed by atoms with Crippen LogP contribution in [0.5, 0.6) is 11.5 Å². The lowest BCUT2D eigenvalue weighted by Gasteiger charge is -2.14. The Morgan fingerprint density at radius 2 is 0.957 bits per heavy atom. The molecule has 2 rings (SSSR count). The molecule has 2 aromatic carbocycles. The predicted octanol–water partition coefficient (Wildman–Crippen LogP) is 9.87. The summed E-state index contributed by atoms with van der Waals surface area (Å²) in [6.07, 6.45) is 24.7.